The molecule has 22 heavy (non-hydrogen) atoms. The number of benzene rings is 1. The van der Waals surface area contributed by atoms with E-state index in [0.29, 0.717) is 13.0 Å². The van der Waals surface area contributed by atoms with Crippen LogP contribution in [0.2, 0.25) is 0 Å². The number of fused-ring (bicyclic) bond motifs is 1. The van der Waals surface area contributed by atoms with E-state index in [4.69, 9.17) is 0 Å². The van der Waals surface area contributed by atoms with E-state index in [2.05, 4.69) is 4.98 Å². The van der Waals surface area contributed by atoms with Crippen LogP contribution in [0.15, 0.2) is 24.3 Å². The number of rotatable bonds is 4. The summed E-state index contributed by atoms with van der Waals surface area (Å²) in [4.78, 5) is 19.2. The van der Waals surface area contributed by atoms with Crippen LogP contribution in [0.5, 0.6) is 0 Å². The van der Waals surface area contributed by atoms with Crippen molar-refractivity contribution in [3.63, 3.8) is 0 Å². The van der Waals surface area contributed by atoms with E-state index in [9.17, 15) is 9.90 Å². The number of amides is 1. The number of imidazole rings is 1. The summed E-state index contributed by atoms with van der Waals surface area (Å²) in [7, 11) is 0. The molecule has 1 saturated heterocycles. The summed E-state index contributed by atoms with van der Waals surface area (Å²) in [6.07, 6.45) is 3.87. The first kappa shape index (κ1) is 15.0. The van der Waals surface area contributed by atoms with E-state index in [0.717, 1.165) is 42.7 Å². The van der Waals surface area contributed by atoms with Crippen LogP contribution in [0, 0.1) is 6.92 Å². The molecule has 5 heteroatoms. The van der Waals surface area contributed by atoms with Crippen molar-refractivity contribution in [3.8, 4) is 0 Å². The van der Waals surface area contributed by atoms with E-state index in [1.54, 1.807) is 0 Å². The Labute approximate surface area is 130 Å². The van der Waals surface area contributed by atoms with Gasteiger partial charge in [0.2, 0.25) is 5.91 Å². The van der Waals surface area contributed by atoms with Crippen molar-refractivity contribution in [1.82, 2.24) is 14.5 Å². The maximum atomic E-state index is 12.7. The van der Waals surface area contributed by atoms with Gasteiger partial charge in [-0.1, -0.05) is 12.1 Å². The summed E-state index contributed by atoms with van der Waals surface area (Å²) >= 11 is 0. The quantitative estimate of drug-likeness (QED) is 0.941. The highest BCUT2D eigenvalue weighted by Crippen LogP contribution is 2.21. The number of carbonyl (C=O) groups is 1. The molecular weight excluding hydrogens is 278 g/mol. The fourth-order valence-electron chi connectivity index (χ4n) is 3.40. The van der Waals surface area contributed by atoms with Gasteiger partial charge >= 0.3 is 0 Å². The van der Waals surface area contributed by atoms with Crippen LogP contribution in [-0.4, -0.2) is 44.7 Å². The summed E-state index contributed by atoms with van der Waals surface area (Å²) in [6, 6.07) is 8.09. The molecule has 5 nitrogen and oxygen atoms in total. The van der Waals surface area contributed by atoms with Gasteiger partial charge in [-0.2, -0.15) is 0 Å². The van der Waals surface area contributed by atoms with E-state index in [1.165, 1.54) is 0 Å². The van der Waals surface area contributed by atoms with Gasteiger partial charge in [0.15, 0.2) is 0 Å². The standard InChI is InChI=1S/C17H23N3O2/c1-13-18-15-7-2-3-8-16(15)20(13)12-17(22)19-10-5-4-6-14(19)9-11-21/h2-3,7-8,14,21H,4-6,9-12H2,1H3. The monoisotopic (exact) mass is 301 g/mol. The van der Waals surface area contributed by atoms with E-state index in [1.807, 2.05) is 40.7 Å². The first-order valence-electron chi connectivity index (χ1n) is 8.03. The smallest absolute Gasteiger partial charge is 0.242 e. The molecule has 1 aliphatic heterocycles. The Morgan fingerprint density at radius 2 is 2.18 bits per heavy atom. The van der Waals surface area contributed by atoms with Crippen LogP contribution >= 0.6 is 0 Å². The zero-order valence-electron chi connectivity index (χ0n) is 13.0. The van der Waals surface area contributed by atoms with E-state index >= 15 is 0 Å². The molecule has 118 valence electrons. The summed E-state index contributed by atoms with van der Waals surface area (Å²) in [6.45, 7) is 3.21. The van der Waals surface area contributed by atoms with Gasteiger partial charge in [0.05, 0.1) is 11.0 Å². The Hall–Kier alpha value is -1.88. The van der Waals surface area contributed by atoms with Crippen LogP contribution in [0.3, 0.4) is 0 Å². The number of hydrogen-bond acceptors (Lipinski definition) is 3. The predicted octanol–water partition coefficient (Wildman–Crippen LogP) is 2.11. The fourth-order valence-corrected chi connectivity index (χ4v) is 3.40. The maximum Gasteiger partial charge on any atom is 0.242 e. The van der Waals surface area contributed by atoms with Gasteiger partial charge in [0.1, 0.15) is 12.4 Å². The molecule has 1 amide bonds. The van der Waals surface area contributed by atoms with Crippen LogP contribution < -0.4 is 0 Å². The Morgan fingerprint density at radius 3 is 3.00 bits per heavy atom. The van der Waals surface area contributed by atoms with Crippen molar-refractivity contribution in [2.75, 3.05) is 13.2 Å². The van der Waals surface area contributed by atoms with Gasteiger partial charge in [-0.25, -0.2) is 4.98 Å². The Bertz CT molecular complexity index is 663. The number of aryl methyl sites for hydroxylation is 1. The summed E-state index contributed by atoms with van der Waals surface area (Å²) in [5, 5.41) is 9.21. The first-order chi connectivity index (χ1) is 10.7. The SMILES string of the molecule is Cc1nc2ccccc2n1CC(=O)N1CCCCC1CCO. The van der Waals surface area contributed by atoms with Gasteiger partial charge in [-0.15, -0.1) is 0 Å². The van der Waals surface area contributed by atoms with Gasteiger partial charge in [0, 0.05) is 19.2 Å². The van der Waals surface area contributed by atoms with Crippen molar-refractivity contribution in [3.05, 3.63) is 30.1 Å². The largest absolute Gasteiger partial charge is 0.396 e. The second-order valence-corrected chi connectivity index (χ2v) is 5.98. The lowest BCUT2D eigenvalue weighted by molar-refractivity contribution is -0.135. The van der Waals surface area contributed by atoms with Gasteiger partial charge < -0.3 is 14.6 Å². The summed E-state index contributed by atoms with van der Waals surface area (Å²) < 4.78 is 1.99. The molecule has 0 aliphatic carbocycles. The first-order valence-corrected chi connectivity index (χ1v) is 8.03. The maximum absolute atomic E-state index is 12.7. The predicted molar refractivity (Wildman–Crippen MR) is 85.5 cm³/mol. The van der Waals surface area contributed by atoms with E-state index < -0.39 is 0 Å². The molecule has 0 spiro atoms. The average molecular weight is 301 g/mol. The summed E-state index contributed by atoms with van der Waals surface area (Å²) in [5.41, 5.74) is 1.93. The highest BCUT2D eigenvalue weighted by Gasteiger charge is 2.26. The molecular formula is C17H23N3O2. The average Bonchev–Trinajstić information content (AvgIpc) is 2.84. The molecule has 2 aromatic rings. The fraction of sp³-hybridized carbons (Fsp3) is 0.529. The Balaban J connectivity index is 1.81. The third-order valence-electron chi connectivity index (χ3n) is 4.55. The topological polar surface area (TPSA) is 58.4 Å². The number of aliphatic hydroxyl groups excluding tert-OH is 1. The van der Waals surface area contributed by atoms with Gasteiger partial charge in [-0.3, -0.25) is 4.79 Å². The molecule has 0 radical (unpaired) electrons. The van der Waals surface area contributed by atoms with Gasteiger partial charge in [0.25, 0.3) is 0 Å². The van der Waals surface area contributed by atoms with Crippen molar-refractivity contribution in [1.29, 1.82) is 0 Å². The third-order valence-corrected chi connectivity index (χ3v) is 4.55. The number of likely N-dealkylation sites (tertiary alicyclic amines) is 1. The third kappa shape index (κ3) is 2.86. The molecule has 0 saturated carbocycles. The van der Waals surface area contributed by atoms with Crippen LogP contribution in [0.25, 0.3) is 11.0 Å². The molecule has 3 rings (SSSR count). The highest BCUT2D eigenvalue weighted by atomic mass is 16.3. The molecule has 1 aliphatic rings. The van der Waals surface area contributed by atoms with Crippen LogP contribution in [-0.2, 0) is 11.3 Å². The molecule has 2 heterocycles. The minimum atomic E-state index is 0.129. The molecule has 1 aromatic heterocycles. The summed E-state index contributed by atoms with van der Waals surface area (Å²) in [5.74, 6) is 0.995. The molecule has 1 aromatic carbocycles. The highest BCUT2D eigenvalue weighted by molar-refractivity contribution is 5.81. The number of nitrogens with zero attached hydrogens (tertiary/aromatic N) is 3. The number of hydrogen-bond donors (Lipinski definition) is 1. The van der Waals surface area contributed by atoms with Crippen molar-refractivity contribution < 1.29 is 9.90 Å². The second-order valence-electron chi connectivity index (χ2n) is 5.98. The van der Waals surface area contributed by atoms with Gasteiger partial charge in [-0.05, 0) is 44.7 Å². The van der Waals surface area contributed by atoms with E-state index in [-0.39, 0.29) is 18.6 Å². The van der Waals surface area contributed by atoms with Crippen molar-refractivity contribution in [2.45, 2.75) is 45.2 Å². The number of aromatic nitrogens is 2. The normalized spacial score (nSPS) is 18.8. The second kappa shape index (κ2) is 6.48. The number of piperidine rings is 1. The van der Waals surface area contributed by atoms with Crippen molar-refractivity contribution >= 4 is 16.9 Å². The lowest BCUT2D eigenvalue weighted by Crippen LogP contribution is -2.45. The molecule has 1 atom stereocenters. The number of carbonyl (C=O) groups excluding carboxylic acids is 1. The zero-order valence-corrected chi connectivity index (χ0v) is 13.0. The van der Waals surface area contributed by atoms with Crippen LogP contribution in [0.4, 0.5) is 0 Å². The Morgan fingerprint density at radius 1 is 1.36 bits per heavy atom. The van der Waals surface area contributed by atoms with Crippen molar-refractivity contribution in [2.24, 2.45) is 0 Å². The lowest BCUT2D eigenvalue weighted by Gasteiger charge is -2.35. The zero-order chi connectivity index (χ0) is 15.5. The molecule has 1 unspecified atom stereocenters. The minimum absolute atomic E-state index is 0.129. The van der Waals surface area contributed by atoms with Crippen LogP contribution in [0.1, 0.15) is 31.5 Å². The number of aliphatic hydroxyl groups is 1. The number of para-hydroxylation sites is 2. The molecule has 0 bridgehead atoms. The minimum Gasteiger partial charge on any atom is -0.396 e. The molecule has 1 fully saturated rings. The molecule has 1 N–H and O–H groups in total. The lowest BCUT2D eigenvalue weighted by atomic mass is 9.99. The Kier molecular flexibility index (Phi) is 4.43.